The number of ether oxygens (including phenoxy) is 1. The molecule has 2 atom stereocenters. The first kappa shape index (κ1) is 17.9. The molecule has 1 aliphatic heterocycles. The zero-order valence-corrected chi connectivity index (χ0v) is 13.8. The van der Waals surface area contributed by atoms with Gasteiger partial charge in [0.15, 0.2) is 0 Å². The third-order valence-corrected chi connectivity index (χ3v) is 4.55. The smallest absolute Gasteiger partial charge is 0.0700 e. The Labute approximate surface area is 126 Å². The van der Waals surface area contributed by atoms with Crippen LogP contribution in [0.1, 0.15) is 71.6 Å². The first-order valence-electron chi connectivity index (χ1n) is 8.87. The molecule has 0 amide bonds. The summed E-state index contributed by atoms with van der Waals surface area (Å²) in [7, 11) is 0. The van der Waals surface area contributed by atoms with Gasteiger partial charge in [-0.05, 0) is 12.8 Å². The molecule has 1 heterocycles. The molecule has 3 nitrogen and oxygen atoms in total. The molecule has 0 saturated carbocycles. The fourth-order valence-electron chi connectivity index (χ4n) is 3.11. The fraction of sp³-hybridized carbons (Fsp3) is 1.00. The summed E-state index contributed by atoms with van der Waals surface area (Å²) in [6, 6.07) is 0.573. The Balaban J connectivity index is 2.12. The summed E-state index contributed by atoms with van der Waals surface area (Å²) in [5.41, 5.74) is 5.99. The molecule has 2 N–H and O–H groups in total. The van der Waals surface area contributed by atoms with Crippen LogP contribution in [0.3, 0.4) is 0 Å². The molecule has 1 saturated heterocycles. The molecule has 0 radical (unpaired) electrons. The van der Waals surface area contributed by atoms with Crippen LogP contribution in [0.25, 0.3) is 0 Å². The minimum atomic E-state index is 0.423. The van der Waals surface area contributed by atoms with Crippen LogP contribution >= 0.6 is 0 Å². The molecular weight excluding hydrogens is 248 g/mol. The Hall–Kier alpha value is -0.120. The second-order valence-electron chi connectivity index (χ2n) is 6.20. The third kappa shape index (κ3) is 7.05. The summed E-state index contributed by atoms with van der Waals surface area (Å²) in [4.78, 5) is 2.56. The van der Waals surface area contributed by atoms with Crippen LogP contribution in [-0.4, -0.2) is 43.3 Å². The van der Waals surface area contributed by atoms with Crippen molar-refractivity contribution in [1.82, 2.24) is 4.90 Å². The van der Waals surface area contributed by atoms with Crippen molar-refractivity contribution in [2.24, 2.45) is 5.73 Å². The van der Waals surface area contributed by atoms with E-state index in [9.17, 15) is 0 Å². The molecule has 2 unspecified atom stereocenters. The van der Waals surface area contributed by atoms with E-state index in [4.69, 9.17) is 10.5 Å². The molecule has 0 spiro atoms. The number of nitrogens with two attached hydrogens (primary N) is 1. The van der Waals surface area contributed by atoms with Crippen LogP contribution in [0.15, 0.2) is 0 Å². The lowest BCUT2D eigenvalue weighted by Gasteiger charge is -2.37. The first-order chi connectivity index (χ1) is 9.81. The monoisotopic (exact) mass is 284 g/mol. The summed E-state index contributed by atoms with van der Waals surface area (Å²) < 4.78 is 5.75. The van der Waals surface area contributed by atoms with E-state index < -0.39 is 0 Å². The van der Waals surface area contributed by atoms with Gasteiger partial charge in [0.25, 0.3) is 0 Å². The number of hydrogen-bond acceptors (Lipinski definition) is 3. The number of morpholine rings is 1. The van der Waals surface area contributed by atoms with Gasteiger partial charge in [-0.1, -0.05) is 58.8 Å². The molecule has 0 bridgehead atoms. The average Bonchev–Trinajstić information content (AvgIpc) is 2.50. The maximum atomic E-state index is 5.99. The van der Waals surface area contributed by atoms with Gasteiger partial charge < -0.3 is 10.5 Å². The van der Waals surface area contributed by atoms with Gasteiger partial charge in [-0.3, -0.25) is 4.90 Å². The van der Waals surface area contributed by atoms with Gasteiger partial charge in [0, 0.05) is 25.7 Å². The minimum absolute atomic E-state index is 0.423. The SMILES string of the molecule is CCCCCCCCCC(CN)N1CCOC(CC)C1. The first-order valence-corrected chi connectivity index (χ1v) is 8.87. The summed E-state index contributed by atoms with van der Waals surface area (Å²) in [5, 5.41) is 0. The summed E-state index contributed by atoms with van der Waals surface area (Å²) in [6.07, 6.45) is 12.5. The van der Waals surface area contributed by atoms with Gasteiger partial charge in [-0.15, -0.1) is 0 Å². The minimum Gasteiger partial charge on any atom is -0.376 e. The number of rotatable bonds is 11. The molecular formula is C17H36N2O. The zero-order chi connectivity index (χ0) is 14.6. The predicted molar refractivity (Wildman–Crippen MR) is 87.1 cm³/mol. The molecule has 0 aromatic rings. The second kappa shape index (κ2) is 11.5. The Morgan fingerprint density at radius 3 is 2.45 bits per heavy atom. The van der Waals surface area contributed by atoms with E-state index >= 15 is 0 Å². The maximum absolute atomic E-state index is 5.99. The van der Waals surface area contributed by atoms with Crippen LogP contribution in [0.5, 0.6) is 0 Å². The third-order valence-electron chi connectivity index (χ3n) is 4.55. The van der Waals surface area contributed by atoms with Crippen molar-refractivity contribution in [3.8, 4) is 0 Å². The maximum Gasteiger partial charge on any atom is 0.0700 e. The Bertz CT molecular complexity index is 223. The second-order valence-corrected chi connectivity index (χ2v) is 6.20. The highest BCUT2D eigenvalue weighted by Gasteiger charge is 2.24. The average molecular weight is 284 g/mol. The van der Waals surface area contributed by atoms with E-state index in [1.165, 1.54) is 51.4 Å². The van der Waals surface area contributed by atoms with Crippen molar-refractivity contribution < 1.29 is 4.74 Å². The van der Waals surface area contributed by atoms with E-state index in [2.05, 4.69) is 18.7 Å². The number of nitrogens with zero attached hydrogens (tertiary/aromatic N) is 1. The van der Waals surface area contributed by atoms with Gasteiger partial charge in [-0.25, -0.2) is 0 Å². The highest BCUT2D eigenvalue weighted by molar-refractivity contribution is 4.78. The van der Waals surface area contributed by atoms with Crippen molar-refractivity contribution in [1.29, 1.82) is 0 Å². The Kier molecular flexibility index (Phi) is 10.3. The predicted octanol–water partition coefficient (Wildman–Crippen LogP) is 3.57. The lowest BCUT2D eigenvalue weighted by molar-refractivity contribution is -0.0444. The zero-order valence-electron chi connectivity index (χ0n) is 13.8. The van der Waals surface area contributed by atoms with Crippen molar-refractivity contribution in [2.75, 3.05) is 26.2 Å². The van der Waals surface area contributed by atoms with Crippen molar-refractivity contribution in [3.63, 3.8) is 0 Å². The lowest BCUT2D eigenvalue weighted by atomic mass is 10.0. The van der Waals surface area contributed by atoms with Crippen molar-refractivity contribution in [3.05, 3.63) is 0 Å². The van der Waals surface area contributed by atoms with Gasteiger partial charge in [0.05, 0.1) is 12.7 Å². The van der Waals surface area contributed by atoms with Crippen LogP contribution < -0.4 is 5.73 Å². The molecule has 0 aliphatic carbocycles. The topological polar surface area (TPSA) is 38.5 Å². The molecule has 0 aromatic heterocycles. The fourth-order valence-corrected chi connectivity index (χ4v) is 3.11. The van der Waals surface area contributed by atoms with Crippen molar-refractivity contribution >= 4 is 0 Å². The number of hydrogen-bond donors (Lipinski definition) is 1. The van der Waals surface area contributed by atoms with E-state index in [0.29, 0.717) is 12.1 Å². The summed E-state index contributed by atoms with van der Waals surface area (Å²) >= 11 is 0. The molecule has 0 aromatic carbocycles. The van der Waals surface area contributed by atoms with Crippen LogP contribution in [0.4, 0.5) is 0 Å². The summed E-state index contributed by atoms with van der Waals surface area (Å²) in [5.74, 6) is 0. The molecule has 1 aliphatic rings. The van der Waals surface area contributed by atoms with E-state index in [-0.39, 0.29) is 0 Å². The van der Waals surface area contributed by atoms with Crippen LogP contribution in [-0.2, 0) is 4.74 Å². The summed E-state index contributed by atoms with van der Waals surface area (Å²) in [6.45, 7) is 8.31. The van der Waals surface area contributed by atoms with E-state index in [1.54, 1.807) is 0 Å². The highest BCUT2D eigenvalue weighted by atomic mass is 16.5. The van der Waals surface area contributed by atoms with E-state index in [1.807, 2.05) is 0 Å². The largest absolute Gasteiger partial charge is 0.376 e. The standard InChI is InChI=1S/C17H36N2O/c1-3-5-6-7-8-9-10-11-16(14-18)19-12-13-20-17(4-2)15-19/h16-17H,3-15,18H2,1-2H3. The molecule has 20 heavy (non-hydrogen) atoms. The Morgan fingerprint density at radius 1 is 1.10 bits per heavy atom. The normalized spacial score (nSPS) is 22.1. The lowest BCUT2D eigenvalue weighted by Crippen LogP contribution is -2.50. The Morgan fingerprint density at radius 2 is 1.80 bits per heavy atom. The van der Waals surface area contributed by atoms with E-state index in [0.717, 1.165) is 32.7 Å². The van der Waals surface area contributed by atoms with Crippen LogP contribution in [0.2, 0.25) is 0 Å². The van der Waals surface area contributed by atoms with Gasteiger partial charge in [0.1, 0.15) is 0 Å². The molecule has 120 valence electrons. The molecule has 1 fully saturated rings. The van der Waals surface area contributed by atoms with Gasteiger partial charge in [0.2, 0.25) is 0 Å². The van der Waals surface area contributed by atoms with Crippen LogP contribution in [0, 0.1) is 0 Å². The quantitative estimate of drug-likeness (QED) is 0.590. The molecule has 1 rings (SSSR count). The highest BCUT2D eigenvalue weighted by Crippen LogP contribution is 2.16. The molecule has 3 heteroatoms. The van der Waals surface area contributed by atoms with Crippen molar-refractivity contribution in [2.45, 2.75) is 83.8 Å². The van der Waals surface area contributed by atoms with Gasteiger partial charge >= 0.3 is 0 Å². The number of unbranched alkanes of at least 4 members (excludes halogenated alkanes) is 6. The van der Waals surface area contributed by atoms with Gasteiger partial charge in [-0.2, -0.15) is 0 Å².